The topological polar surface area (TPSA) is 59.0 Å². The number of rotatable bonds is 3. The summed E-state index contributed by atoms with van der Waals surface area (Å²) >= 11 is 0. The summed E-state index contributed by atoms with van der Waals surface area (Å²) in [4.78, 5) is 13.4. The number of aromatic carboxylic acids is 1. The van der Waals surface area contributed by atoms with Crippen LogP contribution in [0.1, 0.15) is 21.5 Å². The third-order valence-corrected chi connectivity index (χ3v) is 3.28. The maximum absolute atomic E-state index is 11.3. The van der Waals surface area contributed by atoms with Gasteiger partial charge in [0, 0.05) is 24.2 Å². The Bertz CT molecular complexity index is 484. The third kappa shape index (κ3) is 2.01. The summed E-state index contributed by atoms with van der Waals surface area (Å²) in [5.74, 6) is 0.0908. The van der Waals surface area contributed by atoms with Crippen LogP contribution in [0.3, 0.4) is 0 Å². The number of carboxylic acids is 1. The Hall–Kier alpha value is -1.75. The molecule has 98 valence electrons. The second kappa shape index (κ2) is 4.86. The number of hydrogen-bond acceptors (Lipinski definition) is 4. The van der Waals surface area contributed by atoms with Gasteiger partial charge in [-0.2, -0.15) is 0 Å². The van der Waals surface area contributed by atoms with E-state index >= 15 is 0 Å². The van der Waals surface area contributed by atoms with Crippen LogP contribution in [-0.2, 0) is 13.0 Å². The van der Waals surface area contributed by atoms with Crippen LogP contribution in [0.2, 0.25) is 0 Å². The predicted octanol–water partition coefficient (Wildman–Crippen LogP) is 1.39. The van der Waals surface area contributed by atoms with Crippen LogP contribution in [0.4, 0.5) is 0 Å². The lowest BCUT2D eigenvalue weighted by Crippen LogP contribution is -2.28. The van der Waals surface area contributed by atoms with Crippen molar-refractivity contribution in [1.29, 1.82) is 0 Å². The second-order valence-electron chi connectivity index (χ2n) is 4.41. The molecule has 0 bridgehead atoms. The van der Waals surface area contributed by atoms with Gasteiger partial charge in [0.2, 0.25) is 0 Å². The summed E-state index contributed by atoms with van der Waals surface area (Å²) in [6.45, 7) is 1.63. The number of nitrogens with zero attached hydrogens (tertiary/aromatic N) is 1. The highest BCUT2D eigenvalue weighted by Gasteiger charge is 2.26. The van der Waals surface area contributed by atoms with Crippen LogP contribution in [0.25, 0.3) is 0 Å². The minimum atomic E-state index is -0.994. The van der Waals surface area contributed by atoms with Gasteiger partial charge in [-0.25, -0.2) is 4.79 Å². The normalized spacial score (nSPS) is 15.1. The van der Waals surface area contributed by atoms with Crippen molar-refractivity contribution in [3.05, 3.63) is 22.8 Å². The summed E-state index contributed by atoms with van der Waals surface area (Å²) in [6.07, 6.45) is 0.770. The van der Waals surface area contributed by atoms with Crippen molar-refractivity contribution >= 4 is 5.97 Å². The van der Waals surface area contributed by atoms with Crippen LogP contribution in [-0.4, -0.2) is 43.8 Å². The molecule has 18 heavy (non-hydrogen) atoms. The molecule has 1 aromatic carbocycles. The Morgan fingerprint density at radius 1 is 1.33 bits per heavy atom. The number of likely N-dealkylation sites (N-methyl/N-ethyl adjacent to an activating group) is 1. The molecule has 0 fully saturated rings. The van der Waals surface area contributed by atoms with Gasteiger partial charge in [-0.15, -0.1) is 0 Å². The molecule has 0 unspecified atom stereocenters. The van der Waals surface area contributed by atoms with Gasteiger partial charge in [-0.1, -0.05) is 0 Å². The number of hydrogen-bond donors (Lipinski definition) is 1. The van der Waals surface area contributed by atoms with Gasteiger partial charge < -0.3 is 19.5 Å². The van der Waals surface area contributed by atoms with E-state index in [1.807, 2.05) is 7.05 Å². The van der Waals surface area contributed by atoms with E-state index < -0.39 is 5.97 Å². The fraction of sp³-hybridized carbons (Fsp3) is 0.462. The standard InChI is InChI=1S/C13H17NO4/c1-14-5-4-8-10(7-14)11(17-2)6-9(13(15)16)12(8)18-3/h6H,4-5,7H2,1-3H3,(H,15,16). The average molecular weight is 251 g/mol. The first kappa shape index (κ1) is 12.7. The molecule has 2 rings (SSSR count). The predicted molar refractivity (Wildman–Crippen MR) is 66.5 cm³/mol. The van der Waals surface area contributed by atoms with Crippen molar-refractivity contribution in [2.45, 2.75) is 13.0 Å². The molecule has 0 aromatic heterocycles. The van der Waals surface area contributed by atoms with Crippen molar-refractivity contribution in [3.63, 3.8) is 0 Å². The first-order valence-corrected chi connectivity index (χ1v) is 5.77. The Morgan fingerprint density at radius 3 is 2.61 bits per heavy atom. The average Bonchev–Trinajstić information content (AvgIpc) is 2.36. The first-order valence-electron chi connectivity index (χ1n) is 5.77. The number of carboxylic acid groups (broad SMARTS) is 1. The van der Waals surface area contributed by atoms with Crippen molar-refractivity contribution in [2.24, 2.45) is 0 Å². The third-order valence-electron chi connectivity index (χ3n) is 3.28. The molecule has 0 saturated heterocycles. The molecule has 0 atom stereocenters. The van der Waals surface area contributed by atoms with Crippen LogP contribution < -0.4 is 9.47 Å². The molecular formula is C13H17NO4. The van der Waals surface area contributed by atoms with Crippen molar-refractivity contribution in [3.8, 4) is 11.5 Å². The van der Waals surface area contributed by atoms with E-state index in [1.54, 1.807) is 13.2 Å². The second-order valence-corrected chi connectivity index (χ2v) is 4.41. The van der Waals surface area contributed by atoms with E-state index in [0.717, 1.165) is 30.6 Å². The van der Waals surface area contributed by atoms with Crippen LogP contribution in [0, 0.1) is 0 Å². The van der Waals surface area contributed by atoms with Crippen LogP contribution >= 0.6 is 0 Å². The quantitative estimate of drug-likeness (QED) is 0.879. The molecular weight excluding hydrogens is 234 g/mol. The lowest BCUT2D eigenvalue weighted by atomic mass is 9.94. The molecule has 0 amide bonds. The Labute approximate surface area is 106 Å². The molecule has 1 aliphatic rings. The summed E-state index contributed by atoms with van der Waals surface area (Å²) in [6, 6.07) is 1.54. The maximum Gasteiger partial charge on any atom is 0.339 e. The fourth-order valence-corrected chi connectivity index (χ4v) is 2.40. The van der Waals surface area contributed by atoms with Gasteiger partial charge in [-0.05, 0) is 19.5 Å². The van der Waals surface area contributed by atoms with Crippen molar-refractivity contribution in [1.82, 2.24) is 4.90 Å². The van der Waals surface area contributed by atoms with Gasteiger partial charge in [0.05, 0.1) is 14.2 Å². The molecule has 1 heterocycles. The molecule has 0 aliphatic carbocycles. The Kier molecular flexibility index (Phi) is 3.43. The van der Waals surface area contributed by atoms with E-state index in [2.05, 4.69) is 4.90 Å². The number of fused-ring (bicyclic) bond motifs is 1. The summed E-state index contributed by atoms with van der Waals surface area (Å²) in [5.41, 5.74) is 2.14. The highest BCUT2D eigenvalue weighted by atomic mass is 16.5. The van der Waals surface area contributed by atoms with E-state index in [1.165, 1.54) is 7.11 Å². The molecule has 1 aromatic rings. The number of carbonyl (C=O) groups is 1. The fourth-order valence-electron chi connectivity index (χ4n) is 2.40. The molecule has 5 nitrogen and oxygen atoms in total. The molecule has 0 spiro atoms. The molecule has 1 aliphatic heterocycles. The number of methoxy groups -OCH3 is 2. The zero-order valence-electron chi connectivity index (χ0n) is 10.8. The minimum absolute atomic E-state index is 0.164. The zero-order chi connectivity index (χ0) is 13.3. The van der Waals surface area contributed by atoms with Gasteiger partial charge >= 0.3 is 5.97 Å². The van der Waals surface area contributed by atoms with Crippen molar-refractivity contribution < 1.29 is 19.4 Å². The zero-order valence-corrected chi connectivity index (χ0v) is 10.8. The molecule has 0 radical (unpaired) electrons. The molecule has 1 N–H and O–H groups in total. The largest absolute Gasteiger partial charge is 0.496 e. The lowest BCUT2D eigenvalue weighted by molar-refractivity contribution is 0.0692. The molecule has 5 heteroatoms. The van der Waals surface area contributed by atoms with Crippen molar-refractivity contribution in [2.75, 3.05) is 27.8 Å². The first-order chi connectivity index (χ1) is 8.58. The van der Waals surface area contributed by atoms with Crippen LogP contribution in [0.5, 0.6) is 11.5 Å². The lowest BCUT2D eigenvalue weighted by Gasteiger charge is -2.28. The van der Waals surface area contributed by atoms with E-state index in [0.29, 0.717) is 11.5 Å². The highest BCUT2D eigenvalue weighted by Crippen LogP contribution is 2.37. The van der Waals surface area contributed by atoms with Gasteiger partial charge in [0.25, 0.3) is 0 Å². The van der Waals surface area contributed by atoms with Gasteiger partial charge in [0.15, 0.2) is 0 Å². The van der Waals surface area contributed by atoms with E-state index in [-0.39, 0.29) is 5.56 Å². The van der Waals surface area contributed by atoms with Gasteiger partial charge in [-0.3, -0.25) is 0 Å². The molecule has 0 saturated carbocycles. The van der Waals surface area contributed by atoms with Gasteiger partial charge in [0.1, 0.15) is 17.1 Å². The Balaban J connectivity index is 2.65. The summed E-state index contributed by atoms with van der Waals surface area (Å²) in [7, 11) is 5.09. The van der Waals surface area contributed by atoms with E-state index in [4.69, 9.17) is 9.47 Å². The maximum atomic E-state index is 11.3. The SMILES string of the molecule is COc1cc(C(=O)O)c(OC)c2c1CN(C)CC2. The minimum Gasteiger partial charge on any atom is -0.496 e. The number of ether oxygens (including phenoxy) is 2. The highest BCUT2D eigenvalue weighted by molar-refractivity contribution is 5.92. The van der Waals surface area contributed by atoms with E-state index in [9.17, 15) is 9.90 Å². The monoisotopic (exact) mass is 251 g/mol. The summed E-state index contributed by atoms with van der Waals surface area (Å²) in [5, 5.41) is 9.22. The Morgan fingerprint density at radius 2 is 2.06 bits per heavy atom. The van der Waals surface area contributed by atoms with Crippen LogP contribution in [0.15, 0.2) is 6.07 Å². The number of benzene rings is 1. The smallest absolute Gasteiger partial charge is 0.339 e. The summed E-state index contributed by atoms with van der Waals surface area (Å²) < 4.78 is 10.6.